The van der Waals surface area contributed by atoms with E-state index >= 15 is 0 Å². The van der Waals surface area contributed by atoms with Crippen molar-refractivity contribution in [2.75, 3.05) is 6.61 Å². The highest BCUT2D eigenvalue weighted by atomic mass is 16.5. The number of aromatic amines is 1. The molecule has 0 fully saturated rings. The van der Waals surface area contributed by atoms with Crippen molar-refractivity contribution in [3.05, 3.63) is 71.0 Å². The van der Waals surface area contributed by atoms with E-state index in [1.165, 1.54) is 0 Å². The molecule has 4 heteroatoms. The lowest BCUT2D eigenvalue weighted by Crippen LogP contribution is -2.09. The molecule has 0 radical (unpaired) electrons. The molecule has 0 saturated carbocycles. The number of benzene rings is 2. The Hall–Kier alpha value is -2.88. The van der Waals surface area contributed by atoms with Gasteiger partial charge in [0.15, 0.2) is 0 Å². The molecular weight excluding hydrogens is 276 g/mol. The van der Waals surface area contributed by atoms with Gasteiger partial charge in [-0.05, 0) is 36.8 Å². The first-order valence-electron chi connectivity index (χ1n) is 7.00. The highest BCUT2D eigenvalue weighted by molar-refractivity contribution is 5.79. The lowest BCUT2D eigenvalue weighted by atomic mass is 10.2. The Bertz CT molecular complexity index is 897. The van der Waals surface area contributed by atoms with Crippen LogP contribution in [0.15, 0.2) is 65.5 Å². The monoisotopic (exact) mass is 292 g/mol. The number of hydrogen-bond acceptors (Lipinski definition) is 3. The first-order valence-corrected chi connectivity index (χ1v) is 7.00. The van der Waals surface area contributed by atoms with Crippen LogP contribution in [0, 0.1) is 0 Å². The van der Waals surface area contributed by atoms with E-state index in [4.69, 9.17) is 4.74 Å². The largest absolute Gasteiger partial charge is 0.489 e. The van der Waals surface area contributed by atoms with E-state index in [1.54, 1.807) is 6.07 Å². The van der Waals surface area contributed by atoms with Crippen molar-refractivity contribution in [2.24, 2.45) is 0 Å². The maximum Gasteiger partial charge on any atom is 0.259 e. The van der Waals surface area contributed by atoms with Crippen LogP contribution in [0.1, 0.15) is 6.92 Å². The molecule has 0 aliphatic carbocycles. The summed E-state index contributed by atoms with van der Waals surface area (Å²) >= 11 is 0. The van der Waals surface area contributed by atoms with Crippen molar-refractivity contribution >= 4 is 10.9 Å². The number of para-hydroxylation sites is 1. The van der Waals surface area contributed by atoms with Crippen LogP contribution in [0.4, 0.5) is 0 Å². The topological polar surface area (TPSA) is 55.0 Å². The first kappa shape index (κ1) is 14.1. The van der Waals surface area contributed by atoms with Crippen LogP contribution < -0.4 is 10.3 Å². The summed E-state index contributed by atoms with van der Waals surface area (Å²) in [7, 11) is 0. The molecule has 0 atom stereocenters. The van der Waals surface area contributed by atoms with Gasteiger partial charge in [-0.15, -0.1) is 0 Å². The maximum absolute atomic E-state index is 12.1. The first-order chi connectivity index (χ1) is 10.6. The third-order valence-corrected chi connectivity index (χ3v) is 3.21. The molecule has 1 heterocycles. The molecule has 0 unspecified atom stereocenters. The van der Waals surface area contributed by atoms with Crippen LogP contribution in [0.5, 0.6) is 5.75 Å². The van der Waals surface area contributed by atoms with Crippen molar-refractivity contribution in [3.63, 3.8) is 0 Å². The number of H-pyrrole nitrogens is 1. The molecule has 0 bridgehead atoms. The molecule has 110 valence electrons. The average Bonchev–Trinajstić information content (AvgIpc) is 2.53. The van der Waals surface area contributed by atoms with Gasteiger partial charge in [0, 0.05) is 5.56 Å². The van der Waals surface area contributed by atoms with Crippen molar-refractivity contribution in [1.29, 1.82) is 0 Å². The Kier molecular flexibility index (Phi) is 3.74. The molecule has 0 spiro atoms. The standard InChI is InChI=1S/C18H16N2O2/c1-12(2)11-22-14-7-5-6-13(10-14)17-19-16-9-4-3-8-15(16)18(21)20-17/h3-10H,1,11H2,2H3,(H,19,20,21). The van der Waals surface area contributed by atoms with Crippen LogP contribution in [-0.4, -0.2) is 16.6 Å². The number of fused-ring (bicyclic) bond motifs is 1. The zero-order valence-corrected chi connectivity index (χ0v) is 12.3. The predicted molar refractivity (Wildman–Crippen MR) is 88.1 cm³/mol. The van der Waals surface area contributed by atoms with Crippen LogP contribution in [0.25, 0.3) is 22.3 Å². The summed E-state index contributed by atoms with van der Waals surface area (Å²) in [6.07, 6.45) is 0. The van der Waals surface area contributed by atoms with E-state index in [0.717, 1.165) is 16.9 Å². The minimum atomic E-state index is -0.145. The number of rotatable bonds is 4. The van der Waals surface area contributed by atoms with Gasteiger partial charge in [0.1, 0.15) is 18.2 Å². The summed E-state index contributed by atoms with van der Waals surface area (Å²) < 4.78 is 5.63. The van der Waals surface area contributed by atoms with Gasteiger partial charge in [0.2, 0.25) is 0 Å². The average molecular weight is 292 g/mol. The molecule has 0 aliphatic rings. The van der Waals surface area contributed by atoms with Crippen LogP contribution in [0.3, 0.4) is 0 Å². The second-order valence-corrected chi connectivity index (χ2v) is 5.21. The summed E-state index contributed by atoms with van der Waals surface area (Å²) in [5, 5.41) is 0.584. The highest BCUT2D eigenvalue weighted by Crippen LogP contribution is 2.21. The van der Waals surface area contributed by atoms with Gasteiger partial charge in [-0.3, -0.25) is 4.79 Å². The van der Waals surface area contributed by atoms with Crippen molar-refractivity contribution < 1.29 is 4.74 Å². The fraction of sp³-hybridized carbons (Fsp3) is 0.111. The highest BCUT2D eigenvalue weighted by Gasteiger charge is 2.06. The minimum absolute atomic E-state index is 0.145. The lowest BCUT2D eigenvalue weighted by molar-refractivity contribution is 0.353. The Morgan fingerprint density at radius 3 is 2.86 bits per heavy atom. The fourth-order valence-electron chi connectivity index (χ4n) is 2.16. The number of nitrogens with one attached hydrogen (secondary N) is 1. The van der Waals surface area contributed by atoms with Gasteiger partial charge >= 0.3 is 0 Å². The molecule has 3 rings (SSSR count). The molecule has 2 aromatic carbocycles. The third kappa shape index (κ3) is 2.91. The molecule has 0 amide bonds. The third-order valence-electron chi connectivity index (χ3n) is 3.21. The van der Waals surface area contributed by atoms with Gasteiger partial charge in [-0.25, -0.2) is 4.98 Å². The molecule has 4 nitrogen and oxygen atoms in total. The van der Waals surface area contributed by atoms with Gasteiger partial charge in [0.25, 0.3) is 5.56 Å². The Labute approximate surface area is 128 Å². The molecule has 1 aromatic heterocycles. The van der Waals surface area contributed by atoms with Gasteiger partial charge < -0.3 is 9.72 Å². The molecular formula is C18H16N2O2. The molecule has 0 aliphatic heterocycles. The zero-order chi connectivity index (χ0) is 15.5. The molecule has 1 N–H and O–H groups in total. The van der Waals surface area contributed by atoms with Crippen molar-refractivity contribution in [2.45, 2.75) is 6.92 Å². The van der Waals surface area contributed by atoms with Crippen LogP contribution >= 0.6 is 0 Å². The molecule has 3 aromatic rings. The van der Waals surface area contributed by atoms with E-state index < -0.39 is 0 Å². The van der Waals surface area contributed by atoms with E-state index in [0.29, 0.717) is 23.3 Å². The van der Waals surface area contributed by atoms with E-state index in [2.05, 4.69) is 16.5 Å². The predicted octanol–water partition coefficient (Wildman–Crippen LogP) is 3.55. The lowest BCUT2D eigenvalue weighted by Gasteiger charge is -2.08. The summed E-state index contributed by atoms with van der Waals surface area (Å²) in [5.74, 6) is 1.25. The summed E-state index contributed by atoms with van der Waals surface area (Å²) in [4.78, 5) is 19.5. The molecule has 0 saturated heterocycles. The SMILES string of the molecule is C=C(C)COc1cccc(-c2nc3ccccc3c(=O)[nH]2)c1. The normalized spacial score (nSPS) is 10.6. The Morgan fingerprint density at radius 2 is 2.05 bits per heavy atom. The summed E-state index contributed by atoms with van der Waals surface area (Å²) in [6, 6.07) is 14.8. The van der Waals surface area contributed by atoms with E-state index in [9.17, 15) is 4.79 Å². The summed E-state index contributed by atoms with van der Waals surface area (Å²) in [6.45, 7) is 6.18. The number of ether oxygens (including phenoxy) is 1. The Morgan fingerprint density at radius 1 is 1.23 bits per heavy atom. The van der Waals surface area contributed by atoms with Crippen molar-refractivity contribution in [1.82, 2.24) is 9.97 Å². The van der Waals surface area contributed by atoms with Crippen LogP contribution in [-0.2, 0) is 0 Å². The number of hydrogen-bond donors (Lipinski definition) is 1. The van der Waals surface area contributed by atoms with Crippen molar-refractivity contribution in [3.8, 4) is 17.1 Å². The maximum atomic E-state index is 12.1. The minimum Gasteiger partial charge on any atom is -0.489 e. The van der Waals surface area contributed by atoms with E-state index in [-0.39, 0.29) is 5.56 Å². The smallest absolute Gasteiger partial charge is 0.259 e. The van der Waals surface area contributed by atoms with Gasteiger partial charge in [-0.1, -0.05) is 30.8 Å². The zero-order valence-electron chi connectivity index (χ0n) is 12.3. The van der Waals surface area contributed by atoms with Crippen LogP contribution in [0.2, 0.25) is 0 Å². The fourth-order valence-corrected chi connectivity index (χ4v) is 2.16. The number of nitrogens with zero attached hydrogens (tertiary/aromatic N) is 1. The van der Waals surface area contributed by atoms with E-state index in [1.807, 2.05) is 49.4 Å². The second kappa shape index (κ2) is 5.85. The Balaban J connectivity index is 2.02. The van der Waals surface area contributed by atoms with Gasteiger partial charge in [-0.2, -0.15) is 0 Å². The number of aromatic nitrogens is 2. The quantitative estimate of drug-likeness (QED) is 0.748. The molecule has 22 heavy (non-hydrogen) atoms. The second-order valence-electron chi connectivity index (χ2n) is 5.21. The summed E-state index contributed by atoms with van der Waals surface area (Å²) in [5.41, 5.74) is 2.29. The van der Waals surface area contributed by atoms with Gasteiger partial charge in [0.05, 0.1) is 10.9 Å².